The summed E-state index contributed by atoms with van der Waals surface area (Å²) in [4.78, 5) is 15.2. The van der Waals surface area contributed by atoms with Gasteiger partial charge in [-0.05, 0) is 51.9 Å². The Balaban J connectivity index is 2.22. The fourth-order valence-corrected chi connectivity index (χ4v) is 3.83. The van der Waals surface area contributed by atoms with E-state index in [-0.39, 0.29) is 22.7 Å². The van der Waals surface area contributed by atoms with Crippen LogP contribution in [0.5, 0.6) is 5.75 Å². The topological polar surface area (TPSA) is 45.5 Å². The molecule has 1 atom stereocenters. The Morgan fingerprint density at radius 2 is 1.88 bits per heavy atom. The normalized spacial score (nSPS) is 16.8. The van der Waals surface area contributed by atoms with E-state index >= 15 is 0 Å². The number of piperidine rings is 1. The fraction of sp³-hybridized carbons (Fsp3) is 0.450. The van der Waals surface area contributed by atoms with Crippen molar-refractivity contribution in [1.29, 1.82) is 0 Å². The van der Waals surface area contributed by atoms with E-state index < -0.39 is 6.04 Å². The van der Waals surface area contributed by atoms with E-state index in [4.69, 9.17) is 0 Å². The number of benzene rings is 1. The summed E-state index contributed by atoms with van der Waals surface area (Å²) in [5.74, 6) is -0.397. The number of aryl methyl sites for hydroxylation is 1. The van der Waals surface area contributed by atoms with Crippen LogP contribution >= 0.6 is 0 Å². The fourth-order valence-electron chi connectivity index (χ4n) is 3.83. The standard InChI is InChI=1S/C20H25FN2O2/c1-3-23-14(2)13-17(24)18(20(23)25)19(22-11-7-4-8-12-22)15-9-5-6-10-16(15)21/h5-6,9-10,13,19,24H,3-4,7-8,11-12H2,1-2H3. The molecule has 1 unspecified atom stereocenters. The van der Waals surface area contributed by atoms with Crippen molar-refractivity contribution in [1.82, 2.24) is 9.47 Å². The van der Waals surface area contributed by atoms with Gasteiger partial charge in [-0.1, -0.05) is 24.6 Å². The van der Waals surface area contributed by atoms with E-state index in [2.05, 4.69) is 4.90 Å². The van der Waals surface area contributed by atoms with E-state index in [1.54, 1.807) is 35.8 Å². The van der Waals surface area contributed by atoms with Crippen molar-refractivity contribution in [3.8, 4) is 5.75 Å². The number of nitrogens with zero attached hydrogens (tertiary/aromatic N) is 2. The van der Waals surface area contributed by atoms with Gasteiger partial charge in [0.15, 0.2) is 0 Å². The van der Waals surface area contributed by atoms with E-state index in [0.717, 1.165) is 32.4 Å². The van der Waals surface area contributed by atoms with E-state index in [9.17, 15) is 14.3 Å². The van der Waals surface area contributed by atoms with Crippen LogP contribution in [0.2, 0.25) is 0 Å². The van der Waals surface area contributed by atoms with Gasteiger partial charge >= 0.3 is 0 Å². The summed E-state index contributed by atoms with van der Waals surface area (Å²) >= 11 is 0. The second kappa shape index (κ2) is 7.40. The van der Waals surface area contributed by atoms with Crippen molar-refractivity contribution >= 4 is 0 Å². The van der Waals surface area contributed by atoms with Crippen LogP contribution in [0.4, 0.5) is 4.39 Å². The first-order valence-electron chi connectivity index (χ1n) is 8.96. The summed E-state index contributed by atoms with van der Waals surface area (Å²) in [5, 5.41) is 10.6. The van der Waals surface area contributed by atoms with Crippen LogP contribution in [0.3, 0.4) is 0 Å². The van der Waals surface area contributed by atoms with Crippen molar-refractivity contribution in [3.63, 3.8) is 0 Å². The SMILES string of the molecule is CCn1c(C)cc(O)c(C(c2ccccc2F)N2CCCCC2)c1=O. The lowest BCUT2D eigenvalue weighted by atomic mass is 9.94. The number of hydrogen-bond acceptors (Lipinski definition) is 3. The van der Waals surface area contributed by atoms with Crippen LogP contribution < -0.4 is 5.56 Å². The van der Waals surface area contributed by atoms with Gasteiger partial charge in [0, 0.05) is 17.8 Å². The summed E-state index contributed by atoms with van der Waals surface area (Å²) < 4.78 is 16.2. The second-order valence-electron chi connectivity index (χ2n) is 6.65. The minimum absolute atomic E-state index is 0.0500. The highest BCUT2D eigenvalue weighted by molar-refractivity contribution is 5.41. The van der Waals surface area contributed by atoms with Gasteiger partial charge in [0.25, 0.3) is 5.56 Å². The quantitative estimate of drug-likeness (QED) is 0.922. The van der Waals surface area contributed by atoms with Crippen LogP contribution in [0.15, 0.2) is 35.1 Å². The largest absolute Gasteiger partial charge is 0.507 e. The molecule has 2 heterocycles. The third-order valence-corrected chi connectivity index (χ3v) is 5.07. The van der Waals surface area contributed by atoms with Crippen LogP contribution in [0.25, 0.3) is 0 Å². The summed E-state index contributed by atoms with van der Waals surface area (Å²) in [7, 11) is 0. The molecule has 0 saturated carbocycles. The predicted octanol–water partition coefficient (Wildman–Crippen LogP) is 3.60. The minimum atomic E-state index is -0.563. The molecule has 5 heteroatoms. The molecule has 134 valence electrons. The van der Waals surface area contributed by atoms with E-state index in [1.165, 1.54) is 6.07 Å². The molecule has 4 nitrogen and oxygen atoms in total. The lowest BCUT2D eigenvalue weighted by Gasteiger charge is -2.35. The number of hydrogen-bond donors (Lipinski definition) is 1. The smallest absolute Gasteiger partial charge is 0.259 e. The average molecular weight is 344 g/mol. The van der Waals surface area contributed by atoms with Crippen molar-refractivity contribution in [2.24, 2.45) is 0 Å². The summed E-state index contributed by atoms with van der Waals surface area (Å²) in [6, 6.07) is 7.59. The third-order valence-electron chi connectivity index (χ3n) is 5.07. The molecule has 25 heavy (non-hydrogen) atoms. The zero-order valence-corrected chi connectivity index (χ0v) is 14.8. The van der Waals surface area contributed by atoms with Crippen LogP contribution in [0.1, 0.15) is 49.0 Å². The highest BCUT2D eigenvalue weighted by Gasteiger charge is 2.31. The molecule has 0 bridgehead atoms. The first-order chi connectivity index (χ1) is 12.0. The first-order valence-corrected chi connectivity index (χ1v) is 8.96. The first kappa shape index (κ1) is 17.7. The zero-order valence-electron chi connectivity index (χ0n) is 14.8. The number of aromatic hydroxyl groups is 1. The lowest BCUT2D eigenvalue weighted by molar-refractivity contribution is 0.180. The van der Waals surface area contributed by atoms with Crippen LogP contribution in [-0.2, 0) is 6.54 Å². The van der Waals surface area contributed by atoms with Crippen LogP contribution in [0, 0.1) is 12.7 Å². The molecule has 1 fully saturated rings. The Kier molecular flexibility index (Phi) is 5.23. The minimum Gasteiger partial charge on any atom is -0.507 e. The van der Waals surface area contributed by atoms with Gasteiger partial charge in [0.2, 0.25) is 0 Å². The average Bonchev–Trinajstić information content (AvgIpc) is 2.60. The molecule has 0 radical (unpaired) electrons. The van der Waals surface area contributed by atoms with Gasteiger partial charge in [-0.2, -0.15) is 0 Å². The van der Waals surface area contributed by atoms with Gasteiger partial charge in [-0.3, -0.25) is 9.69 Å². The molecule has 1 aliphatic rings. The van der Waals surface area contributed by atoms with Crippen molar-refractivity contribution in [3.05, 3.63) is 63.3 Å². The molecule has 1 aromatic carbocycles. The van der Waals surface area contributed by atoms with Crippen molar-refractivity contribution in [2.45, 2.75) is 45.7 Å². The number of rotatable bonds is 4. The van der Waals surface area contributed by atoms with Gasteiger partial charge in [-0.25, -0.2) is 4.39 Å². The van der Waals surface area contributed by atoms with Crippen LogP contribution in [-0.4, -0.2) is 27.7 Å². The molecular weight excluding hydrogens is 319 g/mol. The molecule has 1 saturated heterocycles. The molecule has 2 aromatic rings. The Morgan fingerprint density at radius 3 is 2.52 bits per heavy atom. The van der Waals surface area contributed by atoms with E-state index in [1.807, 2.05) is 6.92 Å². The number of aromatic nitrogens is 1. The third kappa shape index (κ3) is 3.33. The lowest BCUT2D eigenvalue weighted by Crippen LogP contribution is -2.39. The summed E-state index contributed by atoms with van der Waals surface area (Å²) in [6.45, 7) is 5.79. The molecule has 1 aliphatic heterocycles. The second-order valence-corrected chi connectivity index (χ2v) is 6.65. The molecule has 0 amide bonds. The molecular formula is C20H25FN2O2. The number of pyridine rings is 1. The van der Waals surface area contributed by atoms with Crippen molar-refractivity contribution < 1.29 is 9.50 Å². The molecule has 0 aliphatic carbocycles. The highest BCUT2D eigenvalue weighted by atomic mass is 19.1. The van der Waals surface area contributed by atoms with Crippen molar-refractivity contribution in [2.75, 3.05) is 13.1 Å². The Hall–Kier alpha value is -2.14. The molecule has 3 rings (SSSR count). The number of halogens is 1. The highest BCUT2D eigenvalue weighted by Crippen LogP contribution is 2.35. The summed E-state index contributed by atoms with van der Waals surface area (Å²) in [6.07, 6.45) is 3.17. The Morgan fingerprint density at radius 1 is 1.20 bits per heavy atom. The maximum absolute atomic E-state index is 14.6. The monoisotopic (exact) mass is 344 g/mol. The zero-order chi connectivity index (χ0) is 18.0. The van der Waals surface area contributed by atoms with Gasteiger partial charge < -0.3 is 9.67 Å². The predicted molar refractivity (Wildman–Crippen MR) is 96.4 cm³/mol. The van der Waals surface area contributed by atoms with Gasteiger partial charge in [0.05, 0.1) is 11.6 Å². The maximum atomic E-state index is 14.6. The Labute approximate surface area is 147 Å². The Bertz CT molecular complexity index is 810. The van der Waals surface area contributed by atoms with Gasteiger partial charge in [-0.15, -0.1) is 0 Å². The maximum Gasteiger partial charge on any atom is 0.259 e. The number of likely N-dealkylation sites (tertiary alicyclic amines) is 1. The molecule has 0 spiro atoms. The van der Waals surface area contributed by atoms with Gasteiger partial charge in [0.1, 0.15) is 11.6 Å². The van der Waals surface area contributed by atoms with E-state index in [0.29, 0.717) is 17.8 Å². The molecule has 1 N–H and O–H groups in total. The molecule has 1 aromatic heterocycles. The summed E-state index contributed by atoms with van der Waals surface area (Å²) in [5.41, 5.74) is 1.20.